The number of para-hydroxylation sites is 1. The number of carbonyl (C=O) groups excluding carboxylic acids is 1. The number of non-ortho nitro benzene ring substituents is 1. The molecule has 4 aromatic rings. The van der Waals surface area contributed by atoms with Gasteiger partial charge in [0.1, 0.15) is 19.0 Å². The molecule has 9 heteroatoms. The molecule has 3 aromatic carbocycles. The van der Waals surface area contributed by atoms with Crippen LogP contribution >= 0.6 is 0 Å². The van der Waals surface area contributed by atoms with Crippen molar-refractivity contribution in [3.63, 3.8) is 0 Å². The molecular weight excluding hydrogens is 472 g/mol. The van der Waals surface area contributed by atoms with E-state index in [1.54, 1.807) is 24.3 Å². The predicted octanol–water partition coefficient (Wildman–Crippen LogP) is 5.08. The molecule has 0 spiro atoms. The molecular formula is C28H28N4O5. The molecule has 0 unspecified atom stereocenters. The lowest BCUT2D eigenvalue weighted by Crippen LogP contribution is -2.33. The number of hydrogen-bond acceptors (Lipinski definition) is 7. The zero-order valence-electron chi connectivity index (χ0n) is 20.4. The van der Waals surface area contributed by atoms with Crippen LogP contribution in [0, 0.1) is 10.1 Å². The lowest BCUT2D eigenvalue weighted by Gasteiger charge is -2.25. The topological polar surface area (TPSA) is 99.7 Å². The smallest absolute Gasteiger partial charge is 0.282 e. The Kier molecular flexibility index (Phi) is 7.41. The lowest BCUT2D eigenvalue weighted by atomic mass is 10.1. The van der Waals surface area contributed by atoms with E-state index in [9.17, 15) is 14.9 Å². The van der Waals surface area contributed by atoms with Crippen LogP contribution in [0.2, 0.25) is 0 Å². The molecule has 9 nitrogen and oxygen atoms in total. The number of aromatic nitrogens is 2. The van der Waals surface area contributed by atoms with Crippen LogP contribution in [0.1, 0.15) is 35.2 Å². The van der Waals surface area contributed by atoms with Gasteiger partial charge in [-0.2, -0.15) is 4.68 Å². The van der Waals surface area contributed by atoms with E-state index in [1.807, 2.05) is 30.3 Å². The minimum atomic E-state index is -0.469. The second-order valence-corrected chi connectivity index (χ2v) is 9.00. The maximum Gasteiger partial charge on any atom is 0.282 e. The average molecular weight is 501 g/mol. The van der Waals surface area contributed by atoms with Crippen LogP contribution in [-0.4, -0.2) is 51.8 Å². The fourth-order valence-corrected chi connectivity index (χ4v) is 4.53. The first-order chi connectivity index (χ1) is 18.1. The van der Waals surface area contributed by atoms with Gasteiger partial charge in [-0.25, -0.2) is 0 Å². The number of nitro groups is 1. The predicted molar refractivity (Wildman–Crippen MR) is 139 cm³/mol. The van der Waals surface area contributed by atoms with Crippen molar-refractivity contribution in [2.75, 3.05) is 26.2 Å². The van der Waals surface area contributed by atoms with Gasteiger partial charge in [-0.05, 0) is 49.7 Å². The molecule has 0 radical (unpaired) electrons. The van der Waals surface area contributed by atoms with Crippen molar-refractivity contribution < 1.29 is 19.2 Å². The van der Waals surface area contributed by atoms with Crippen LogP contribution in [0.4, 0.5) is 5.69 Å². The molecule has 1 aliphatic heterocycles. The van der Waals surface area contributed by atoms with E-state index in [4.69, 9.17) is 9.47 Å². The van der Waals surface area contributed by atoms with Crippen LogP contribution < -0.4 is 9.47 Å². The molecule has 0 aliphatic carbocycles. The van der Waals surface area contributed by atoms with Crippen LogP contribution in [0.5, 0.6) is 11.6 Å². The summed E-state index contributed by atoms with van der Waals surface area (Å²) in [5.74, 6) is 0.217. The van der Waals surface area contributed by atoms with Gasteiger partial charge in [-0.15, -0.1) is 5.10 Å². The normalized spacial score (nSPS) is 13.9. The summed E-state index contributed by atoms with van der Waals surface area (Å²) in [5, 5.41) is 16.3. The van der Waals surface area contributed by atoms with Gasteiger partial charge in [-0.3, -0.25) is 19.8 Å². The number of rotatable bonds is 9. The number of ether oxygens (including phenoxy) is 2. The Bertz CT molecular complexity index is 1400. The van der Waals surface area contributed by atoms with Crippen molar-refractivity contribution in [3.8, 4) is 11.6 Å². The van der Waals surface area contributed by atoms with E-state index < -0.39 is 10.8 Å². The highest BCUT2D eigenvalue weighted by Crippen LogP contribution is 2.31. The summed E-state index contributed by atoms with van der Waals surface area (Å²) in [4.78, 5) is 26.9. The number of nitrogens with zero attached hydrogens (tertiary/aromatic N) is 4. The maximum atomic E-state index is 13.7. The number of benzene rings is 3. The number of piperidine rings is 1. The molecule has 190 valence electrons. The molecule has 1 aromatic heterocycles. The van der Waals surface area contributed by atoms with Gasteiger partial charge >= 0.3 is 0 Å². The molecule has 1 aliphatic rings. The minimum Gasteiger partial charge on any atom is -0.488 e. The third kappa shape index (κ3) is 5.62. The number of hydrogen-bond donors (Lipinski definition) is 0. The van der Waals surface area contributed by atoms with Crippen LogP contribution in [0.25, 0.3) is 10.9 Å². The summed E-state index contributed by atoms with van der Waals surface area (Å²) in [5.41, 5.74) is 1.65. The van der Waals surface area contributed by atoms with Crippen LogP contribution in [0.3, 0.4) is 0 Å². The van der Waals surface area contributed by atoms with Crippen molar-refractivity contribution in [1.82, 2.24) is 14.7 Å². The standard InChI is InChI=1S/C28H28N4O5/c33-28(23-11-5-6-12-26(23)37-20-21-9-3-1-4-10-21)31-25-14-13-22(32(34)35)19-24(25)27(29-31)36-18-17-30-15-7-2-8-16-30/h1,3-6,9-14,19H,2,7-8,15-18,20H2. The first-order valence-electron chi connectivity index (χ1n) is 12.4. The highest BCUT2D eigenvalue weighted by atomic mass is 16.6. The molecule has 0 atom stereocenters. The van der Waals surface area contributed by atoms with E-state index in [0.29, 0.717) is 35.4 Å². The molecule has 2 heterocycles. The van der Waals surface area contributed by atoms with Gasteiger partial charge in [0, 0.05) is 18.7 Å². The Hall–Kier alpha value is -4.24. The second kappa shape index (κ2) is 11.2. The maximum absolute atomic E-state index is 13.7. The zero-order valence-corrected chi connectivity index (χ0v) is 20.4. The Morgan fingerprint density at radius 3 is 2.49 bits per heavy atom. The molecule has 5 rings (SSSR count). The average Bonchev–Trinajstić information content (AvgIpc) is 3.30. The van der Waals surface area contributed by atoms with Crippen molar-refractivity contribution in [3.05, 3.63) is 94.0 Å². The Labute approximate surface area is 214 Å². The molecule has 0 bridgehead atoms. The molecule has 0 saturated carbocycles. The number of fused-ring (bicyclic) bond motifs is 1. The highest BCUT2D eigenvalue weighted by Gasteiger charge is 2.23. The van der Waals surface area contributed by atoms with E-state index in [1.165, 1.54) is 42.1 Å². The van der Waals surface area contributed by atoms with Crippen molar-refractivity contribution in [1.29, 1.82) is 0 Å². The zero-order chi connectivity index (χ0) is 25.6. The van der Waals surface area contributed by atoms with Gasteiger partial charge in [0.05, 0.1) is 21.4 Å². The quantitative estimate of drug-likeness (QED) is 0.233. The second-order valence-electron chi connectivity index (χ2n) is 9.00. The Balaban J connectivity index is 1.43. The number of likely N-dealkylation sites (tertiary alicyclic amines) is 1. The molecule has 1 saturated heterocycles. The van der Waals surface area contributed by atoms with Crippen molar-refractivity contribution in [2.24, 2.45) is 0 Å². The molecule has 0 N–H and O–H groups in total. The van der Waals surface area contributed by atoms with Gasteiger partial charge in [0.25, 0.3) is 11.6 Å². The molecule has 37 heavy (non-hydrogen) atoms. The summed E-state index contributed by atoms with van der Waals surface area (Å²) < 4.78 is 13.2. The van der Waals surface area contributed by atoms with Crippen LogP contribution in [-0.2, 0) is 6.61 Å². The largest absolute Gasteiger partial charge is 0.488 e. The van der Waals surface area contributed by atoms with Gasteiger partial charge in [-0.1, -0.05) is 48.9 Å². The highest BCUT2D eigenvalue weighted by molar-refractivity contribution is 6.04. The summed E-state index contributed by atoms with van der Waals surface area (Å²) in [7, 11) is 0. The van der Waals surface area contributed by atoms with Crippen LogP contribution in [0.15, 0.2) is 72.8 Å². The van der Waals surface area contributed by atoms with Gasteiger partial charge < -0.3 is 9.47 Å². The molecule has 0 amide bonds. The summed E-state index contributed by atoms with van der Waals surface area (Å²) in [6.45, 7) is 3.47. The van der Waals surface area contributed by atoms with Gasteiger partial charge in [0.2, 0.25) is 5.88 Å². The summed E-state index contributed by atoms with van der Waals surface area (Å²) in [6.07, 6.45) is 3.59. The SMILES string of the molecule is O=C(c1ccccc1OCc1ccccc1)n1nc(OCCN2CCCCC2)c2cc([N+](=O)[O-])ccc21. The summed E-state index contributed by atoms with van der Waals surface area (Å²) in [6, 6.07) is 21.0. The number of nitro benzene ring substituents is 1. The van der Waals surface area contributed by atoms with Gasteiger partial charge in [0.15, 0.2) is 0 Å². The van der Waals surface area contributed by atoms with Crippen molar-refractivity contribution >= 4 is 22.5 Å². The fraction of sp³-hybridized carbons (Fsp3) is 0.286. The van der Waals surface area contributed by atoms with E-state index in [-0.39, 0.29) is 11.6 Å². The minimum absolute atomic E-state index is 0.0908. The first-order valence-corrected chi connectivity index (χ1v) is 12.4. The first kappa shape index (κ1) is 24.5. The van der Waals surface area contributed by atoms with E-state index in [0.717, 1.165) is 25.2 Å². The van der Waals surface area contributed by atoms with E-state index in [2.05, 4.69) is 10.00 Å². The summed E-state index contributed by atoms with van der Waals surface area (Å²) >= 11 is 0. The number of carbonyl (C=O) groups is 1. The monoisotopic (exact) mass is 500 g/mol. The van der Waals surface area contributed by atoms with E-state index >= 15 is 0 Å². The molecule has 1 fully saturated rings. The Morgan fingerprint density at radius 1 is 0.946 bits per heavy atom. The third-order valence-electron chi connectivity index (χ3n) is 6.48. The van der Waals surface area contributed by atoms with Crippen molar-refractivity contribution in [2.45, 2.75) is 25.9 Å². The Morgan fingerprint density at radius 2 is 1.70 bits per heavy atom. The fourth-order valence-electron chi connectivity index (χ4n) is 4.53. The third-order valence-corrected chi connectivity index (χ3v) is 6.48. The lowest BCUT2D eigenvalue weighted by molar-refractivity contribution is -0.384.